The van der Waals surface area contributed by atoms with Crippen LogP contribution in [0.5, 0.6) is 0 Å². The first-order valence-electron chi connectivity index (χ1n) is 9.69. The highest BCUT2D eigenvalue weighted by atomic mass is 16.5. The van der Waals surface area contributed by atoms with Gasteiger partial charge in [-0.05, 0) is 24.7 Å². The molecule has 0 saturated carbocycles. The molecule has 0 amide bonds. The SMILES string of the molecule is CCCCCC#CCC(C)COCC(C)CC#CCCCCC. The van der Waals surface area contributed by atoms with Gasteiger partial charge in [0.2, 0.25) is 0 Å². The second-order valence-electron chi connectivity index (χ2n) is 6.78. The van der Waals surface area contributed by atoms with Crippen LogP contribution in [0.2, 0.25) is 0 Å². The molecule has 0 fully saturated rings. The van der Waals surface area contributed by atoms with Crippen LogP contribution in [-0.2, 0) is 4.74 Å². The molecule has 0 aliphatic rings. The van der Waals surface area contributed by atoms with Crippen LogP contribution in [0.3, 0.4) is 0 Å². The molecule has 23 heavy (non-hydrogen) atoms. The van der Waals surface area contributed by atoms with Gasteiger partial charge in [-0.2, -0.15) is 0 Å². The van der Waals surface area contributed by atoms with E-state index >= 15 is 0 Å². The lowest BCUT2D eigenvalue weighted by Gasteiger charge is -2.12. The minimum Gasteiger partial charge on any atom is -0.381 e. The summed E-state index contributed by atoms with van der Waals surface area (Å²) >= 11 is 0. The Balaban J connectivity index is 3.56. The van der Waals surface area contributed by atoms with E-state index < -0.39 is 0 Å². The Bertz CT molecular complexity index is 327. The van der Waals surface area contributed by atoms with Crippen molar-refractivity contribution in [3.05, 3.63) is 0 Å². The summed E-state index contributed by atoms with van der Waals surface area (Å²) < 4.78 is 5.81. The van der Waals surface area contributed by atoms with Gasteiger partial charge in [0.1, 0.15) is 0 Å². The first-order valence-corrected chi connectivity index (χ1v) is 9.69. The molecule has 0 saturated heterocycles. The Morgan fingerprint density at radius 3 is 1.48 bits per heavy atom. The molecule has 0 aliphatic carbocycles. The molecule has 0 aromatic heterocycles. The average Bonchev–Trinajstić information content (AvgIpc) is 2.54. The van der Waals surface area contributed by atoms with Gasteiger partial charge in [0.05, 0.1) is 13.2 Å². The molecule has 0 N–H and O–H groups in total. The highest BCUT2D eigenvalue weighted by Gasteiger charge is 2.03. The number of unbranched alkanes of at least 4 members (excludes halogenated alkanes) is 6. The monoisotopic (exact) mass is 318 g/mol. The number of ether oxygens (including phenoxy) is 1. The van der Waals surface area contributed by atoms with Crippen LogP contribution >= 0.6 is 0 Å². The lowest BCUT2D eigenvalue weighted by molar-refractivity contribution is 0.0822. The largest absolute Gasteiger partial charge is 0.381 e. The van der Waals surface area contributed by atoms with E-state index in [1.165, 1.54) is 38.5 Å². The molecule has 0 aromatic rings. The average molecular weight is 319 g/mol. The summed E-state index contributed by atoms with van der Waals surface area (Å²) in [5.74, 6) is 14.2. The molecule has 2 atom stereocenters. The van der Waals surface area contributed by atoms with Crippen molar-refractivity contribution in [1.29, 1.82) is 0 Å². The first kappa shape index (κ1) is 22.1. The molecule has 0 radical (unpaired) electrons. The molecule has 0 spiro atoms. The first-order chi connectivity index (χ1) is 11.2. The number of hydrogen-bond donors (Lipinski definition) is 0. The van der Waals surface area contributed by atoms with Crippen LogP contribution in [-0.4, -0.2) is 13.2 Å². The highest BCUT2D eigenvalue weighted by molar-refractivity contribution is 5.00. The van der Waals surface area contributed by atoms with Crippen molar-refractivity contribution < 1.29 is 4.74 Å². The van der Waals surface area contributed by atoms with Crippen LogP contribution in [0.25, 0.3) is 0 Å². The molecule has 1 nitrogen and oxygen atoms in total. The van der Waals surface area contributed by atoms with E-state index in [1.807, 2.05) is 0 Å². The molecule has 2 unspecified atom stereocenters. The van der Waals surface area contributed by atoms with Crippen LogP contribution in [0, 0.1) is 35.5 Å². The maximum absolute atomic E-state index is 5.81. The molecular formula is C22H38O. The van der Waals surface area contributed by atoms with Crippen LogP contribution < -0.4 is 0 Å². The van der Waals surface area contributed by atoms with Gasteiger partial charge in [-0.25, -0.2) is 0 Å². The predicted octanol–water partition coefficient (Wildman–Crippen LogP) is 6.22. The van der Waals surface area contributed by atoms with E-state index in [1.54, 1.807) is 0 Å². The van der Waals surface area contributed by atoms with Crippen molar-refractivity contribution in [3.63, 3.8) is 0 Å². The fourth-order valence-corrected chi connectivity index (χ4v) is 2.18. The number of rotatable bonds is 12. The molecule has 0 bridgehead atoms. The van der Waals surface area contributed by atoms with E-state index in [2.05, 4.69) is 51.4 Å². The Kier molecular flexibility index (Phi) is 16.7. The zero-order valence-corrected chi connectivity index (χ0v) is 16.0. The molecule has 0 heterocycles. The van der Waals surface area contributed by atoms with Crippen molar-refractivity contribution in [2.45, 2.75) is 91.9 Å². The van der Waals surface area contributed by atoms with Crippen LogP contribution in [0.1, 0.15) is 91.9 Å². The van der Waals surface area contributed by atoms with E-state index in [0.717, 1.165) is 38.9 Å². The Hall–Kier alpha value is -0.920. The third-order valence-corrected chi connectivity index (χ3v) is 3.77. The van der Waals surface area contributed by atoms with E-state index in [0.29, 0.717) is 11.8 Å². The zero-order valence-electron chi connectivity index (χ0n) is 16.0. The molecule has 0 rings (SSSR count). The van der Waals surface area contributed by atoms with Gasteiger partial charge >= 0.3 is 0 Å². The maximum atomic E-state index is 5.81. The quantitative estimate of drug-likeness (QED) is 0.306. The highest BCUT2D eigenvalue weighted by Crippen LogP contribution is 2.06. The normalized spacial score (nSPS) is 12.7. The fourth-order valence-electron chi connectivity index (χ4n) is 2.18. The summed E-state index contributed by atoms with van der Waals surface area (Å²) in [7, 11) is 0. The predicted molar refractivity (Wildman–Crippen MR) is 102 cm³/mol. The summed E-state index contributed by atoms with van der Waals surface area (Å²) in [6.07, 6.45) is 11.6. The van der Waals surface area contributed by atoms with E-state index in [4.69, 9.17) is 4.74 Å². The summed E-state index contributed by atoms with van der Waals surface area (Å²) in [5.41, 5.74) is 0. The second-order valence-corrected chi connectivity index (χ2v) is 6.78. The Morgan fingerprint density at radius 2 is 1.09 bits per heavy atom. The lowest BCUT2D eigenvalue weighted by atomic mass is 10.1. The molecule has 132 valence electrons. The van der Waals surface area contributed by atoms with Crippen LogP contribution in [0.15, 0.2) is 0 Å². The summed E-state index contributed by atoms with van der Waals surface area (Å²) in [4.78, 5) is 0. The fraction of sp³-hybridized carbons (Fsp3) is 0.818. The van der Waals surface area contributed by atoms with Gasteiger partial charge in [-0.3, -0.25) is 0 Å². The van der Waals surface area contributed by atoms with Crippen molar-refractivity contribution in [2.75, 3.05) is 13.2 Å². The van der Waals surface area contributed by atoms with Gasteiger partial charge in [0.15, 0.2) is 0 Å². The zero-order chi connectivity index (χ0) is 17.2. The smallest absolute Gasteiger partial charge is 0.0500 e. The van der Waals surface area contributed by atoms with Crippen molar-refractivity contribution in [1.82, 2.24) is 0 Å². The summed E-state index contributed by atoms with van der Waals surface area (Å²) in [5, 5.41) is 0. The van der Waals surface area contributed by atoms with Gasteiger partial charge < -0.3 is 4.74 Å². The van der Waals surface area contributed by atoms with Crippen LogP contribution in [0.4, 0.5) is 0 Å². The van der Waals surface area contributed by atoms with Crippen molar-refractivity contribution in [2.24, 2.45) is 11.8 Å². The van der Waals surface area contributed by atoms with Gasteiger partial charge in [0.25, 0.3) is 0 Å². The molecular weight excluding hydrogens is 280 g/mol. The minimum absolute atomic E-state index is 0.529. The lowest BCUT2D eigenvalue weighted by Crippen LogP contribution is -2.11. The topological polar surface area (TPSA) is 9.23 Å². The number of hydrogen-bond acceptors (Lipinski definition) is 1. The second kappa shape index (κ2) is 17.4. The molecule has 0 aromatic carbocycles. The summed E-state index contributed by atoms with van der Waals surface area (Å²) in [6.45, 7) is 10.5. The Morgan fingerprint density at radius 1 is 0.652 bits per heavy atom. The maximum Gasteiger partial charge on any atom is 0.0500 e. The summed E-state index contributed by atoms with van der Waals surface area (Å²) in [6, 6.07) is 0. The Labute approximate surface area is 146 Å². The molecule has 0 aliphatic heterocycles. The van der Waals surface area contributed by atoms with E-state index in [9.17, 15) is 0 Å². The van der Waals surface area contributed by atoms with Crippen molar-refractivity contribution in [3.8, 4) is 23.7 Å². The standard InChI is InChI=1S/C22H38O/c1-5-7-9-11-13-15-17-21(3)19-23-20-22(4)18-16-14-12-10-8-6-2/h21-22H,5-12,17-20H2,1-4H3. The third kappa shape index (κ3) is 17.3. The van der Waals surface area contributed by atoms with Crippen molar-refractivity contribution >= 4 is 0 Å². The third-order valence-electron chi connectivity index (χ3n) is 3.77. The minimum atomic E-state index is 0.529. The van der Waals surface area contributed by atoms with Gasteiger partial charge in [-0.15, -0.1) is 23.7 Å². The molecule has 1 heteroatoms. The van der Waals surface area contributed by atoms with E-state index in [-0.39, 0.29) is 0 Å². The van der Waals surface area contributed by atoms with Gasteiger partial charge in [-0.1, -0.05) is 53.4 Å². The van der Waals surface area contributed by atoms with Gasteiger partial charge in [0, 0.05) is 25.7 Å².